The number of hydrogen-bond acceptors (Lipinski definition) is 7. The van der Waals surface area contributed by atoms with Crippen molar-refractivity contribution in [1.82, 2.24) is 34.9 Å². The van der Waals surface area contributed by atoms with Crippen LogP contribution in [0.2, 0.25) is 0 Å². The van der Waals surface area contributed by atoms with Gasteiger partial charge in [0, 0.05) is 43.4 Å². The topological polar surface area (TPSA) is 112 Å². The summed E-state index contributed by atoms with van der Waals surface area (Å²) in [5.74, 6) is 1.40. The van der Waals surface area contributed by atoms with Gasteiger partial charge in [0.25, 0.3) is 0 Å². The Morgan fingerprint density at radius 1 is 0.706 bits per heavy atom. The second-order valence-electron chi connectivity index (χ2n) is 7.50. The fourth-order valence-electron chi connectivity index (χ4n) is 4.05. The third kappa shape index (κ3) is 3.45. The lowest BCUT2D eigenvalue weighted by atomic mass is 9.96. The van der Waals surface area contributed by atoms with Crippen LogP contribution in [0.1, 0.15) is 29.1 Å². The average Bonchev–Trinajstić information content (AvgIpc) is 3.64. The molecule has 9 nitrogen and oxygen atoms in total. The molecule has 5 aromatic heterocycles. The number of aliphatic imine (C=N–C) groups is 1. The molecule has 34 heavy (non-hydrogen) atoms. The van der Waals surface area contributed by atoms with E-state index < -0.39 is 6.17 Å². The fourth-order valence-corrected chi connectivity index (χ4v) is 4.05. The third-order valence-corrected chi connectivity index (χ3v) is 5.45. The molecule has 6 heterocycles. The van der Waals surface area contributed by atoms with Gasteiger partial charge in [0.05, 0.1) is 40.3 Å². The van der Waals surface area contributed by atoms with Gasteiger partial charge in [-0.2, -0.15) is 0 Å². The van der Waals surface area contributed by atoms with Crippen LogP contribution >= 0.6 is 0 Å². The minimum absolute atomic E-state index is 0.546. The van der Waals surface area contributed by atoms with Crippen LogP contribution in [0, 0.1) is 0 Å². The number of anilines is 1. The van der Waals surface area contributed by atoms with Crippen LogP contribution in [-0.4, -0.2) is 40.6 Å². The fraction of sp³-hybridized carbons (Fsp3) is 0.0400. The molecule has 0 amide bonds. The maximum atomic E-state index is 5.17. The van der Waals surface area contributed by atoms with Crippen molar-refractivity contribution in [2.24, 2.45) is 4.99 Å². The van der Waals surface area contributed by atoms with E-state index in [0.29, 0.717) is 17.2 Å². The van der Waals surface area contributed by atoms with E-state index >= 15 is 0 Å². The third-order valence-electron chi connectivity index (χ3n) is 5.45. The molecule has 6 rings (SSSR count). The van der Waals surface area contributed by atoms with Gasteiger partial charge in [-0.1, -0.05) is 6.07 Å². The van der Waals surface area contributed by atoms with Gasteiger partial charge in [0.2, 0.25) is 0 Å². The van der Waals surface area contributed by atoms with Gasteiger partial charge < -0.3 is 9.97 Å². The molecule has 164 valence electrons. The van der Waals surface area contributed by atoms with E-state index in [0.717, 1.165) is 28.5 Å². The smallest absolute Gasteiger partial charge is 0.187 e. The first-order valence-corrected chi connectivity index (χ1v) is 10.7. The van der Waals surface area contributed by atoms with E-state index in [1.807, 2.05) is 54.9 Å². The summed E-state index contributed by atoms with van der Waals surface area (Å²) in [5.41, 5.74) is 4.64. The molecule has 0 aliphatic carbocycles. The maximum absolute atomic E-state index is 5.17. The second kappa shape index (κ2) is 8.55. The molecule has 9 heteroatoms. The van der Waals surface area contributed by atoms with Crippen LogP contribution in [0.4, 0.5) is 5.82 Å². The quantitative estimate of drug-likeness (QED) is 0.424. The number of pyridine rings is 1. The molecule has 0 saturated carbocycles. The highest BCUT2D eigenvalue weighted by Gasteiger charge is 2.37. The summed E-state index contributed by atoms with van der Waals surface area (Å²) in [6, 6.07) is 15.5. The number of rotatable bonds is 5. The van der Waals surface area contributed by atoms with Crippen molar-refractivity contribution < 1.29 is 0 Å². The summed E-state index contributed by atoms with van der Waals surface area (Å²) in [4.78, 5) is 36.6. The van der Waals surface area contributed by atoms with Gasteiger partial charge in [-0.05, 0) is 42.5 Å². The van der Waals surface area contributed by atoms with Crippen molar-refractivity contribution in [1.29, 1.82) is 0 Å². The first-order chi connectivity index (χ1) is 16.9. The SMILES string of the molecule is c1ccc(C2=NC(c3ncccn3)N(c3ccc[nH]3)C(c3ccc[nH]3)=C2c2cnccn2)nc1. The van der Waals surface area contributed by atoms with Crippen LogP contribution in [0.15, 0.2) is 103 Å². The zero-order valence-electron chi connectivity index (χ0n) is 17.9. The standard InChI is InChI=1S/C25H19N9/c1-2-9-27-17(6-1)22-21(19-16-26-14-15-29-19)23(18-7-3-10-28-18)34(20-8-4-11-30-20)25(33-22)24-31-12-5-13-32-24/h1-16,25,28,30H. The first-order valence-electron chi connectivity index (χ1n) is 10.7. The highest BCUT2D eigenvalue weighted by molar-refractivity contribution is 6.37. The summed E-state index contributed by atoms with van der Waals surface area (Å²) < 4.78 is 0. The molecule has 0 spiro atoms. The summed E-state index contributed by atoms with van der Waals surface area (Å²) >= 11 is 0. The predicted octanol–water partition coefficient (Wildman–Crippen LogP) is 3.89. The number of aromatic nitrogens is 7. The molecule has 5 aromatic rings. The summed E-state index contributed by atoms with van der Waals surface area (Å²) in [7, 11) is 0. The normalized spacial score (nSPS) is 15.9. The Bertz CT molecular complexity index is 1430. The Balaban J connectivity index is 1.71. The lowest BCUT2D eigenvalue weighted by Crippen LogP contribution is -2.34. The summed E-state index contributed by atoms with van der Waals surface area (Å²) in [5, 5.41) is 0. The van der Waals surface area contributed by atoms with E-state index in [9.17, 15) is 0 Å². The molecule has 1 unspecified atom stereocenters. The van der Waals surface area contributed by atoms with Gasteiger partial charge in [-0.3, -0.25) is 19.9 Å². The van der Waals surface area contributed by atoms with E-state index in [-0.39, 0.29) is 0 Å². The van der Waals surface area contributed by atoms with Crippen LogP contribution in [0.5, 0.6) is 0 Å². The number of hydrogen-bond donors (Lipinski definition) is 2. The first kappa shape index (κ1) is 19.7. The van der Waals surface area contributed by atoms with Crippen LogP contribution < -0.4 is 4.90 Å². The van der Waals surface area contributed by atoms with Crippen molar-refractivity contribution in [3.8, 4) is 0 Å². The Morgan fingerprint density at radius 2 is 1.53 bits per heavy atom. The van der Waals surface area contributed by atoms with E-state index in [1.54, 1.807) is 43.2 Å². The molecule has 1 atom stereocenters. The number of nitrogens with one attached hydrogen (secondary N) is 2. The molecule has 1 aliphatic rings. The van der Waals surface area contributed by atoms with Gasteiger partial charge in [-0.15, -0.1) is 0 Å². The lowest BCUT2D eigenvalue weighted by molar-refractivity contribution is 0.675. The Kier molecular flexibility index (Phi) is 4.96. The van der Waals surface area contributed by atoms with Gasteiger partial charge in [0.15, 0.2) is 12.0 Å². The largest absolute Gasteiger partial charge is 0.360 e. The molecule has 1 aliphatic heterocycles. The zero-order valence-corrected chi connectivity index (χ0v) is 17.9. The highest BCUT2D eigenvalue weighted by atomic mass is 15.3. The number of aromatic amines is 2. The molecular weight excluding hydrogens is 426 g/mol. The van der Waals surface area contributed by atoms with Gasteiger partial charge in [0.1, 0.15) is 5.82 Å². The monoisotopic (exact) mass is 445 g/mol. The molecule has 0 fully saturated rings. The summed E-state index contributed by atoms with van der Waals surface area (Å²) in [6.45, 7) is 0. The Labute approximate surface area is 195 Å². The lowest BCUT2D eigenvalue weighted by Gasteiger charge is -2.36. The zero-order chi connectivity index (χ0) is 22.7. The predicted molar refractivity (Wildman–Crippen MR) is 128 cm³/mol. The average molecular weight is 445 g/mol. The molecule has 0 saturated heterocycles. The molecule has 0 bridgehead atoms. The number of nitrogens with zero attached hydrogens (tertiary/aromatic N) is 7. The van der Waals surface area contributed by atoms with Crippen molar-refractivity contribution in [2.45, 2.75) is 6.17 Å². The van der Waals surface area contributed by atoms with Crippen LogP contribution in [-0.2, 0) is 0 Å². The van der Waals surface area contributed by atoms with Crippen LogP contribution in [0.25, 0.3) is 11.3 Å². The second-order valence-corrected chi connectivity index (χ2v) is 7.50. The minimum Gasteiger partial charge on any atom is -0.360 e. The molecular formula is C25H19N9. The van der Waals surface area contributed by atoms with E-state index in [2.05, 4.69) is 39.8 Å². The van der Waals surface area contributed by atoms with E-state index in [1.165, 1.54) is 0 Å². The Hall–Kier alpha value is -4.92. The minimum atomic E-state index is -0.546. The number of H-pyrrole nitrogens is 2. The highest BCUT2D eigenvalue weighted by Crippen LogP contribution is 2.42. The van der Waals surface area contributed by atoms with E-state index in [4.69, 9.17) is 4.99 Å². The van der Waals surface area contributed by atoms with Crippen molar-refractivity contribution in [3.05, 3.63) is 121 Å². The van der Waals surface area contributed by atoms with Gasteiger partial charge >= 0.3 is 0 Å². The van der Waals surface area contributed by atoms with Crippen molar-refractivity contribution in [3.63, 3.8) is 0 Å². The Morgan fingerprint density at radius 3 is 2.24 bits per heavy atom. The van der Waals surface area contributed by atoms with Crippen molar-refractivity contribution >= 4 is 22.8 Å². The summed E-state index contributed by atoms with van der Waals surface area (Å²) in [6.07, 6.45) is 13.5. The van der Waals surface area contributed by atoms with Crippen LogP contribution in [0.3, 0.4) is 0 Å². The van der Waals surface area contributed by atoms with Crippen molar-refractivity contribution in [2.75, 3.05) is 4.90 Å². The number of allylic oxidation sites excluding steroid dienone is 1. The maximum Gasteiger partial charge on any atom is 0.187 e. The molecule has 0 aromatic carbocycles. The van der Waals surface area contributed by atoms with Gasteiger partial charge in [-0.25, -0.2) is 15.0 Å². The molecule has 0 radical (unpaired) electrons. The molecule has 2 N–H and O–H groups in total.